The number of amides is 2. The van der Waals surface area contributed by atoms with Crippen molar-refractivity contribution >= 4 is 46.4 Å². The van der Waals surface area contributed by atoms with Gasteiger partial charge in [0, 0.05) is 29.7 Å². The zero-order valence-electron chi connectivity index (χ0n) is 20.7. The number of carbonyl (C=O) groups excluding carboxylic acids is 2. The van der Waals surface area contributed by atoms with Crippen LogP contribution in [0.15, 0.2) is 60.7 Å². The number of carbonyl (C=O) groups is 2. The van der Waals surface area contributed by atoms with Gasteiger partial charge in [-0.25, -0.2) is 0 Å². The third kappa shape index (κ3) is 6.67. The van der Waals surface area contributed by atoms with Crippen LogP contribution in [0.1, 0.15) is 31.4 Å². The van der Waals surface area contributed by atoms with E-state index in [1.807, 2.05) is 43.3 Å². The Balaban J connectivity index is 1.38. The average molecular weight is 542 g/mol. The van der Waals surface area contributed by atoms with Crippen LogP contribution < -0.4 is 25.2 Å². The molecule has 2 amide bonds. The van der Waals surface area contributed by atoms with Gasteiger partial charge in [-0.15, -0.1) is 0 Å². The molecule has 0 aromatic heterocycles. The van der Waals surface area contributed by atoms with Gasteiger partial charge in [0.25, 0.3) is 0 Å². The third-order valence-corrected chi connectivity index (χ3v) is 6.62. The number of hydrogen-bond donors (Lipinski definition) is 2. The summed E-state index contributed by atoms with van der Waals surface area (Å²) in [5, 5.41) is 0.976. The van der Waals surface area contributed by atoms with Crippen molar-refractivity contribution in [2.45, 2.75) is 33.3 Å². The van der Waals surface area contributed by atoms with Gasteiger partial charge in [-0.1, -0.05) is 54.4 Å². The number of anilines is 2. The molecule has 3 aromatic rings. The zero-order chi connectivity index (χ0) is 26.4. The fourth-order valence-electron chi connectivity index (χ4n) is 4.06. The van der Waals surface area contributed by atoms with E-state index in [1.54, 1.807) is 29.2 Å². The normalized spacial score (nSPS) is 15.0. The Morgan fingerprint density at radius 1 is 1.00 bits per heavy atom. The van der Waals surface area contributed by atoms with E-state index in [0.717, 1.165) is 17.7 Å². The number of halogens is 2. The van der Waals surface area contributed by atoms with E-state index < -0.39 is 5.92 Å². The van der Waals surface area contributed by atoms with Gasteiger partial charge in [-0.2, -0.15) is 0 Å². The number of aryl methyl sites for hydroxylation is 1. The number of hydrazine groups is 1. The van der Waals surface area contributed by atoms with Crippen LogP contribution in [0, 0.1) is 5.92 Å². The van der Waals surface area contributed by atoms with Gasteiger partial charge in [0.1, 0.15) is 6.61 Å². The quantitative estimate of drug-likeness (QED) is 0.306. The van der Waals surface area contributed by atoms with Crippen molar-refractivity contribution in [2.24, 2.45) is 5.92 Å². The molecule has 2 N–H and O–H groups in total. The number of rotatable bonds is 10. The Hall–Kier alpha value is -3.42. The minimum Gasteiger partial charge on any atom is -0.490 e. The summed E-state index contributed by atoms with van der Waals surface area (Å²) in [4.78, 5) is 27.1. The molecule has 194 valence electrons. The summed E-state index contributed by atoms with van der Waals surface area (Å²) < 4.78 is 11.7. The highest BCUT2D eigenvalue weighted by Gasteiger charge is 2.35. The van der Waals surface area contributed by atoms with E-state index in [9.17, 15) is 9.59 Å². The van der Waals surface area contributed by atoms with Crippen molar-refractivity contribution in [1.82, 2.24) is 5.43 Å². The second kappa shape index (κ2) is 12.2. The van der Waals surface area contributed by atoms with E-state index in [2.05, 4.69) is 17.8 Å². The van der Waals surface area contributed by atoms with Crippen molar-refractivity contribution in [3.63, 3.8) is 0 Å². The van der Waals surface area contributed by atoms with Crippen molar-refractivity contribution in [2.75, 3.05) is 23.5 Å². The molecular formula is C28H29Cl2N3O4. The first-order valence-corrected chi connectivity index (χ1v) is 12.9. The lowest BCUT2D eigenvalue weighted by molar-refractivity contribution is -0.125. The van der Waals surface area contributed by atoms with E-state index in [1.165, 1.54) is 5.56 Å². The fraction of sp³-hybridized carbons (Fsp3) is 0.286. The lowest BCUT2D eigenvalue weighted by atomic mass is 10.1. The summed E-state index contributed by atoms with van der Waals surface area (Å²) in [5.41, 5.74) is 9.03. The minimum absolute atomic E-state index is 0.0757. The maximum atomic E-state index is 12.8. The van der Waals surface area contributed by atoms with E-state index >= 15 is 0 Å². The van der Waals surface area contributed by atoms with Crippen LogP contribution >= 0.6 is 23.2 Å². The summed E-state index contributed by atoms with van der Waals surface area (Å²) >= 11 is 12.4. The Bertz CT molecular complexity index is 1250. The molecule has 0 radical (unpaired) electrons. The van der Waals surface area contributed by atoms with E-state index in [-0.39, 0.29) is 24.8 Å². The molecule has 1 fully saturated rings. The van der Waals surface area contributed by atoms with Crippen LogP contribution in [0.5, 0.6) is 11.5 Å². The third-order valence-electron chi connectivity index (χ3n) is 6.09. The maximum Gasteiger partial charge on any atom is 0.243 e. The number of hydrogen-bond acceptors (Lipinski definition) is 5. The van der Waals surface area contributed by atoms with Crippen molar-refractivity contribution in [1.29, 1.82) is 0 Å². The predicted octanol–water partition coefficient (Wildman–Crippen LogP) is 6.03. The lowest BCUT2D eigenvalue weighted by Crippen LogP contribution is -2.36. The molecular weight excluding hydrogens is 513 g/mol. The van der Waals surface area contributed by atoms with Gasteiger partial charge in [-0.3, -0.25) is 20.4 Å². The highest BCUT2D eigenvalue weighted by atomic mass is 35.5. The molecule has 4 rings (SSSR count). The highest BCUT2D eigenvalue weighted by molar-refractivity contribution is 6.32. The molecule has 3 aromatic carbocycles. The number of nitrogens with zero attached hydrogens (tertiary/aromatic N) is 1. The molecule has 0 saturated carbocycles. The number of benzene rings is 3. The summed E-state index contributed by atoms with van der Waals surface area (Å²) in [7, 11) is 0. The van der Waals surface area contributed by atoms with Crippen LogP contribution in [0.25, 0.3) is 0 Å². The maximum absolute atomic E-state index is 12.8. The van der Waals surface area contributed by atoms with Gasteiger partial charge < -0.3 is 14.4 Å². The Morgan fingerprint density at radius 2 is 1.70 bits per heavy atom. The molecule has 1 heterocycles. The smallest absolute Gasteiger partial charge is 0.243 e. The van der Waals surface area contributed by atoms with Crippen molar-refractivity contribution in [3.8, 4) is 11.5 Å². The average Bonchev–Trinajstić information content (AvgIpc) is 3.29. The van der Waals surface area contributed by atoms with Crippen LogP contribution in [0.3, 0.4) is 0 Å². The van der Waals surface area contributed by atoms with E-state index in [0.29, 0.717) is 40.4 Å². The molecule has 0 aliphatic carbocycles. The summed E-state index contributed by atoms with van der Waals surface area (Å²) in [6, 6.07) is 18.5. The largest absolute Gasteiger partial charge is 0.490 e. The molecule has 0 bridgehead atoms. The first-order valence-electron chi connectivity index (χ1n) is 12.2. The Kier molecular flexibility index (Phi) is 8.79. The highest BCUT2D eigenvalue weighted by Crippen LogP contribution is 2.39. The molecule has 7 nitrogen and oxygen atoms in total. The second-order valence-electron chi connectivity index (χ2n) is 8.67. The van der Waals surface area contributed by atoms with Gasteiger partial charge in [-0.05, 0) is 54.8 Å². The Morgan fingerprint density at radius 3 is 2.38 bits per heavy atom. The van der Waals surface area contributed by atoms with Crippen LogP contribution in [-0.2, 0) is 22.6 Å². The van der Waals surface area contributed by atoms with Gasteiger partial charge >= 0.3 is 0 Å². The predicted molar refractivity (Wildman–Crippen MR) is 146 cm³/mol. The Labute approximate surface area is 226 Å². The summed E-state index contributed by atoms with van der Waals surface area (Å²) in [6.45, 7) is 4.95. The second-order valence-corrected chi connectivity index (χ2v) is 9.52. The molecule has 9 heteroatoms. The molecule has 1 aliphatic rings. The zero-order valence-corrected chi connectivity index (χ0v) is 22.2. The number of ether oxygens (including phenoxy) is 2. The van der Waals surface area contributed by atoms with Crippen LogP contribution in [0.2, 0.25) is 10.0 Å². The molecule has 1 atom stereocenters. The fourth-order valence-corrected chi connectivity index (χ4v) is 4.45. The summed E-state index contributed by atoms with van der Waals surface area (Å²) in [5.74, 6) is 0.0148. The molecule has 1 aliphatic heterocycles. The van der Waals surface area contributed by atoms with Gasteiger partial charge in [0.2, 0.25) is 11.8 Å². The molecule has 0 spiro atoms. The summed E-state index contributed by atoms with van der Waals surface area (Å²) in [6.07, 6.45) is 1.07. The monoisotopic (exact) mass is 541 g/mol. The standard InChI is InChI=1S/C28H29Cl2N3O4/c1-3-18-7-11-23(12-8-18)33-16-20(13-26(33)34)28(35)32-31-22-14-24(30)27(25(15-22)36-4-2)37-17-19-5-9-21(29)10-6-19/h5-12,14-15,20,31H,3-4,13,16-17H2,1-2H3,(H,32,35)/t20-/m1/s1. The number of nitrogens with one attached hydrogen (secondary N) is 2. The topological polar surface area (TPSA) is 79.9 Å². The molecule has 0 unspecified atom stereocenters. The molecule has 1 saturated heterocycles. The van der Waals surface area contributed by atoms with Crippen LogP contribution in [-0.4, -0.2) is 25.0 Å². The molecule has 37 heavy (non-hydrogen) atoms. The van der Waals surface area contributed by atoms with Crippen LogP contribution in [0.4, 0.5) is 11.4 Å². The minimum atomic E-state index is -0.477. The van der Waals surface area contributed by atoms with Crippen molar-refractivity contribution < 1.29 is 19.1 Å². The van der Waals surface area contributed by atoms with Gasteiger partial charge in [0.05, 0.1) is 23.2 Å². The van der Waals surface area contributed by atoms with Crippen molar-refractivity contribution in [3.05, 3.63) is 81.8 Å². The lowest BCUT2D eigenvalue weighted by Gasteiger charge is -2.18. The first-order chi connectivity index (χ1) is 17.9. The van der Waals surface area contributed by atoms with Gasteiger partial charge in [0.15, 0.2) is 11.5 Å². The first kappa shape index (κ1) is 26.6. The SMILES string of the molecule is CCOc1cc(NNC(=O)[C@@H]2CC(=O)N(c3ccc(CC)cc3)C2)cc(Cl)c1OCc1ccc(Cl)cc1. The van der Waals surface area contributed by atoms with E-state index in [4.69, 9.17) is 32.7 Å².